The van der Waals surface area contributed by atoms with Gasteiger partial charge in [0, 0.05) is 6.26 Å². The van der Waals surface area contributed by atoms with Gasteiger partial charge in [0.1, 0.15) is 9.84 Å². The van der Waals surface area contributed by atoms with Gasteiger partial charge in [-0.2, -0.15) is 5.26 Å². The second-order valence-electron chi connectivity index (χ2n) is 3.32. The van der Waals surface area contributed by atoms with Gasteiger partial charge in [0.2, 0.25) is 0 Å². The third-order valence-corrected chi connectivity index (χ3v) is 3.16. The van der Waals surface area contributed by atoms with Crippen molar-refractivity contribution in [2.24, 2.45) is 5.41 Å². The number of nitrogens with zero attached hydrogens (tertiary/aromatic N) is 1. The summed E-state index contributed by atoms with van der Waals surface area (Å²) in [5, 5.41) is 8.69. The SMILES string of the molecule is CS(=O)(=O)CC1(C#N)CCC1. The zero-order chi connectivity index (χ0) is 8.54. The Labute approximate surface area is 66.9 Å². The Morgan fingerprint density at radius 2 is 2.09 bits per heavy atom. The molecule has 0 spiro atoms. The second kappa shape index (κ2) is 2.49. The molecular weight excluding hydrogens is 162 g/mol. The van der Waals surface area contributed by atoms with Crippen molar-refractivity contribution in [1.29, 1.82) is 5.26 Å². The molecule has 0 amide bonds. The molecule has 0 aromatic rings. The number of rotatable bonds is 2. The lowest BCUT2D eigenvalue weighted by Gasteiger charge is -2.33. The Bertz CT molecular complexity index is 282. The van der Waals surface area contributed by atoms with E-state index in [1.54, 1.807) is 0 Å². The quantitative estimate of drug-likeness (QED) is 0.618. The summed E-state index contributed by atoms with van der Waals surface area (Å²) in [6.45, 7) is 0. The molecule has 0 aliphatic heterocycles. The molecule has 4 heteroatoms. The van der Waals surface area contributed by atoms with Gasteiger partial charge in [0.05, 0.1) is 17.2 Å². The van der Waals surface area contributed by atoms with E-state index in [0.717, 1.165) is 19.3 Å². The molecule has 1 aliphatic rings. The van der Waals surface area contributed by atoms with Crippen LogP contribution in [0, 0.1) is 16.7 Å². The highest BCUT2D eigenvalue weighted by Gasteiger charge is 2.39. The van der Waals surface area contributed by atoms with Crippen LogP contribution in [0.5, 0.6) is 0 Å². The minimum Gasteiger partial charge on any atom is -0.229 e. The molecule has 0 saturated heterocycles. The summed E-state index contributed by atoms with van der Waals surface area (Å²) in [4.78, 5) is 0. The van der Waals surface area contributed by atoms with Gasteiger partial charge >= 0.3 is 0 Å². The Morgan fingerprint density at radius 3 is 2.18 bits per heavy atom. The maximum atomic E-state index is 10.8. The van der Waals surface area contributed by atoms with Crippen molar-refractivity contribution in [3.05, 3.63) is 0 Å². The number of hydrogen-bond acceptors (Lipinski definition) is 3. The maximum Gasteiger partial charge on any atom is 0.149 e. The van der Waals surface area contributed by atoms with Crippen molar-refractivity contribution in [2.75, 3.05) is 12.0 Å². The van der Waals surface area contributed by atoms with Crippen LogP contribution >= 0.6 is 0 Å². The molecular formula is C7H11NO2S. The third-order valence-electron chi connectivity index (χ3n) is 2.09. The molecule has 0 atom stereocenters. The summed E-state index contributed by atoms with van der Waals surface area (Å²) in [5.41, 5.74) is -0.534. The zero-order valence-corrected chi connectivity index (χ0v) is 7.32. The molecule has 11 heavy (non-hydrogen) atoms. The lowest BCUT2D eigenvalue weighted by Crippen LogP contribution is -2.34. The molecule has 1 fully saturated rings. The molecule has 0 aromatic carbocycles. The minimum absolute atomic E-state index is 0.0382. The van der Waals surface area contributed by atoms with E-state index in [-0.39, 0.29) is 5.75 Å². The van der Waals surface area contributed by atoms with Gasteiger partial charge in [-0.15, -0.1) is 0 Å². The van der Waals surface area contributed by atoms with Gasteiger partial charge in [-0.3, -0.25) is 0 Å². The molecule has 1 aliphatic carbocycles. The van der Waals surface area contributed by atoms with Crippen LogP contribution in [-0.2, 0) is 9.84 Å². The Kier molecular flexibility index (Phi) is 1.93. The first-order valence-electron chi connectivity index (χ1n) is 3.56. The monoisotopic (exact) mass is 173 g/mol. The van der Waals surface area contributed by atoms with Crippen molar-refractivity contribution in [1.82, 2.24) is 0 Å². The smallest absolute Gasteiger partial charge is 0.149 e. The molecule has 0 unspecified atom stereocenters. The fourth-order valence-corrected chi connectivity index (χ4v) is 2.75. The summed E-state index contributed by atoms with van der Waals surface area (Å²) in [5.74, 6) is 0.0382. The zero-order valence-electron chi connectivity index (χ0n) is 6.50. The first kappa shape index (κ1) is 8.54. The van der Waals surface area contributed by atoms with Gasteiger partial charge in [0.25, 0.3) is 0 Å². The van der Waals surface area contributed by atoms with Crippen LogP contribution in [0.1, 0.15) is 19.3 Å². The number of hydrogen-bond donors (Lipinski definition) is 0. The van der Waals surface area contributed by atoms with Crippen molar-refractivity contribution in [3.63, 3.8) is 0 Å². The molecule has 3 nitrogen and oxygen atoms in total. The summed E-state index contributed by atoms with van der Waals surface area (Å²) in [7, 11) is -2.98. The molecule has 0 N–H and O–H groups in total. The second-order valence-corrected chi connectivity index (χ2v) is 5.46. The largest absolute Gasteiger partial charge is 0.229 e. The standard InChI is InChI=1S/C7H11NO2S/c1-11(9,10)6-7(5-8)3-2-4-7/h2-4,6H2,1H3. The van der Waals surface area contributed by atoms with Crippen molar-refractivity contribution in [2.45, 2.75) is 19.3 Å². The summed E-state index contributed by atoms with van der Waals surface area (Å²) >= 11 is 0. The molecule has 0 radical (unpaired) electrons. The number of nitriles is 1. The predicted molar refractivity (Wildman–Crippen MR) is 41.6 cm³/mol. The summed E-state index contributed by atoms with van der Waals surface area (Å²) in [6.07, 6.45) is 3.67. The fourth-order valence-electron chi connectivity index (χ4n) is 1.39. The molecule has 0 aromatic heterocycles. The first-order chi connectivity index (χ1) is 4.97. The van der Waals surface area contributed by atoms with E-state index < -0.39 is 15.3 Å². The van der Waals surface area contributed by atoms with E-state index in [1.165, 1.54) is 6.26 Å². The maximum absolute atomic E-state index is 10.8. The van der Waals surface area contributed by atoms with Crippen LogP contribution < -0.4 is 0 Å². The Morgan fingerprint density at radius 1 is 1.55 bits per heavy atom. The van der Waals surface area contributed by atoms with Crippen LogP contribution in [0.2, 0.25) is 0 Å². The minimum atomic E-state index is -2.98. The van der Waals surface area contributed by atoms with E-state index in [2.05, 4.69) is 6.07 Å². The predicted octanol–water partition coefficient (Wildman–Crippen LogP) is 0.725. The van der Waals surface area contributed by atoms with Gasteiger partial charge in [-0.25, -0.2) is 8.42 Å². The van der Waals surface area contributed by atoms with E-state index in [4.69, 9.17) is 5.26 Å². The van der Waals surface area contributed by atoms with Crippen molar-refractivity contribution < 1.29 is 8.42 Å². The van der Waals surface area contributed by atoms with E-state index in [9.17, 15) is 8.42 Å². The van der Waals surface area contributed by atoms with Gasteiger partial charge in [-0.1, -0.05) is 6.42 Å². The summed E-state index contributed by atoms with van der Waals surface area (Å²) in [6, 6.07) is 2.09. The van der Waals surface area contributed by atoms with E-state index >= 15 is 0 Å². The normalized spacial score (nSPS) is 21.8. The first-order valence-corrected chi connectivity index (χ1v) is 5.63. The molecule has 1 saturated carbocycles. The van der Waals surface area contributed by atoms with Gasteiger partial charge in [0.15, 0.2) is 0 Å². The average molecular weight is 173 g/mol. The van der Waals surface area contributed by atoms with E-state index in [0.29, 0.717) is 0 Å². The topological polar surface area (TPSA) is 57.9 Å². The fraction of sp³-hybridized carbons (Fsp3) is 0.857. The molecule has 0 heterocycles. The highest BCUT2D eigenvalue weighted by Crippen LogP contribution is 2.41. The van der Waals surface area contributed by atoms with Gasteiger partial charge in [-0.05, 0) is 12.8 Å². The van der Waals surface area contributed by atoms with Crippen LogP contribution in [-0.4, -0.2) is 20.4 Å². The van der Waals surface area contributed by atoms with Crippen molar-refractivity contribution >= 4 is 9.84 Å². The summed E-state index contributed by atoms with van der Waals surface area (Å²) < 4.78 is 21.7. The third kappa shape index (κ3) is 1.93. The average Bonchev–Trinajstić information content (AvgIpc) is 1.77. The lowest BCUT2D eigenvalue weighted by molar-refractivity contribution is 0.248. The van der Waals surface area contributed by atoms with Crippen LogP contribution in [0.4, 0.5) is 0 Å². The van der Waals surface area contributed by atoms with Crippen molar-refractivity contribution in [3.8, 4) is 6.07 Å². The number of sulfone groups is 1. The Balaban J connectivity index is 2.69. The van der Waals surface area contributed by atoms with Crippen LogP contribution in [0.25, 0.3) is 0 Å². The van der Waals surface area contributed by atoms with Crippen LogP contribution in [0.3, 0.4) is 0 Å². The van der Waals surface area contributed by atoms with Crippen LogP contribution in [0.15, 0.2) is 0 Å². The highest BCUT2D eigenvalue weighted by atomic mass is 32.2. The lowest BCUT2D eigenvalue weighted by atomic mass is 9.72. The molecule has 1 rings (SSSR count). The van der Waals surface area contributed by atoms with Gasteiger partial charge < -0.3 is 0 Å². The Hall–Kier alpha value is -0.560. The molecule has 62 valence electrons. The highest BCUT2D eigenvalue weighted by molar-refractivity contribution is 7.90. The molecule has 0 bridgehead atoms. The van der Waals surface area contributed by atoms with E-state index in [1.807, 2.05) is 0 Å².